The van der Waals surface area contributed by atoms with E-state index in [1.54, 1.807) is 12.3 Å². The smallest absolute Gasteiger partial charge is 0.115 e. The Morgan fingerprint density at radius 1 is 1.50 bits per heavy atom. The van der Waals surface area contributed by atoms with Crippen LogP contribution in [-0.2, 0) is 0 Å². The van der Waals surface area contributed by atoms with Gasteiger partial charge in [-0.3, -0.25) is 0 Å². The van der Waals surface area contributed by atoms with E-state index in [4.69, 9.17) is 0 Å². The van der Waals surface area contributed by atoms with Gasteiger partial charge in [-0.15, -0.1) is 0 Å². The largest absolute Gasteiger partial charge is 0.250 e. The van der Waals surface area contributed by atoms with Gasteiger partial charge in [0.05, 0.1) is 0 Å². The summed E-state index contributed by atoms with van der Waals surface area (Å²) in [6, 6.07) is 0. The van der Waals surface area contributed by atoms with Crippen LogP contribution in [0.5, 0.6) is 0 Å². The van der Waals surface area contributed by atoms with Gasteiger partial charge in [0.1, 0.15) is 6.34 Å². The van der Waals surface area contributed by atoms with Crippen molar-refractivity contribution in [1.29, 1.82) is 0 Å². The van der Waals surface area contributed by atoms with E-state index in [0.29, 0.717) is 0 Å². The standard InChI is InChI=1S/C8H12N2/c1-4-6-8(3)10-7-9-5-2/h4-7H,1H2,2-3H3/b8-6-,9-5?,10-7?. The van der Waals surface area contributed by atoms with Crippen molar-refractivity contribution in [2.75, 3.05) is 0 Å². The van der Waals surface area contributed by atoms with E-state index in [1.807, 2.05) is 19.9 Å². The quantitative estimate of drug-likeness (QED) is 0.323. The fourth-order valence-corrected chi connectivity index (χ4v) is 0.405. The van der Waals surface area contributed by atoms with Gasteiger partial charge in [0, 0.05) is 11.9 Å². The summed E-state index contributed by atoms with van der Waals surface area (Å²) in [6.07, 6.45) is 6.71. The van der Waals surface area contributed by atoms with Crippen LogP contribution >= 0.6 is 0 Å². The predicted molar refractivity (Wildman–Crippen MR) is 46.6 cm³/mol. The van der Waals surface area contributed by atoms with Crippen molar-refractivity contribution in [3.63, 3.8) is 0 Å². The second-order valence-electron chi connectivity index (χ2n) is 1.70. The summed E-state index contributed by atoms with van der Waals surface area (Å²) >= 11 is 0. The normalized spacial score (nSPS) is 13.2. The summed E-state index contributed by atoms with van der Waals surface area (Å²) in [5, 5.41) is 0. The Labute approximate surface area is 61.7 Å². The second kappa shape index (κ2) is 5.95. The van der Waals surface area contributed by atoms with E-state index in [-0.39, 0.29) is 0 Å². The maximum atomic E-state index is 3.97. The molecule has 0 N–H and O–H groups in total. The summed E-state index contributed by atoms with van der Waals surface area (Å²) in [5.41, 5.74) is 0.903. The van der Waals surface area contributed by atoms with E-state index in [1.165, 1.54) is 6.34 Å². The monoisotopic (exact) mass is 136 g/mol. The van der Waals surface area contributed by atoms with Crippen LogP contribution in [0.1, 0.15) is 13.8 Å². The highest BCUT2D eigenvalue weighted by molar-refractivity contribution is 5.71. The Bertz CT molecular complexity index is 176. The third kappa shape index (κ3) is 4.97. The lowest BCUT2D eigenvalue weighted by Crippen LogP contribution is -1.70. The van der Waals surface area contributed by atoms with Crippen molar-refractivity contribution in [3.8, 4) is 0 Å². The first-order valence-electron chi connectivity index (χ1n) is 3.11. The van der Waals surface area contributed by atoms with Gasteiger partial charge in [-0.1, -0.05) is 12.7 Å². The molecule has 0 saturated heterocycles. The van der Waals surface area contributed by atoms with Crippen LogP contribution in [0.2, 0.25) is 0 Å². The van der Waals surface area contributed by atoms with Crippen LogP contribution < -0.4 is 0 Å². The number of allylic oxidation sites excluding steroid dienone is 3. The molecule has 0 heterocycles. The highest BCUT2D eigenvalue weighted by atomic mass is 14.8. The van der Waals surface area contributed by atoms with Gasteiger partial charge in [-0.2, -0.15) is 0 Å². The number of aliphatic imine (C=N–C) groups is 2. The molecule has 0 unspecified atom stereocenters. The molecular weight excluding hydrogens is 124 g/mol. The molecule has 0 fully saturated rings. The van der Waals surface area contributed by atoms with Gasteiger partial charge in [0.2, 0.25) is 0 Å². The van der Waals surface area contributed by atoms with Crippen LogP contribution in [0, 0.1) is 0 Å². The first kappa shape index (κ1) is 8.82. The first-order chi connectivity index (χ1) is 4.81. The van der Waals surface area contributed by atoms with Crippen LogP contribution in [0.25, 0.3) is 0 Å². The van der Waals surface area contributed by atoms with E-state index in [9.17, 15) is 0 Å². The highest BCUT2D eigenvalue weighted by Crippen LogP contribution is 1.91. The first-order valence-corrected chi connectivity index (χ1v) is 3.11. The molecule has 0 saturated carbocycles. The Morgan fingerprint density at radius 2 is 2.20 bits per heavy atom. The van der Waals surface area contributed by atoms with Crippen molar-refractivity contribution in [1.82, 2.24) is 0 Å². The minimum atomic E-state index is 0.903. The molecule has 0 aromatic heterocycles. The van der Waals surface area contributed by atoms with Gasteiger partial charge in [0.25, 0.3) is 0 Å². The Balaban J connectivity index is 3.88. The predicted octanol–water partition coefficient (Wildman–Crippen LogP) is 2.20. The minimum Gasteiger partial charge on any atom is -0.250 e. The molecule has 0 bridgehead atoms. The molecule has 0 rings (SSSR count). The molecule has 0 aliphatic rings. The maximum Gasteiger partial charge on any atom is 0.115 e. The Kier molecular flexibility index (Phi) is 5.25. The average Bonchev–Trinajstić information content (AvgIpc) is 1.89. The van der Waals surface area contributed by atoms with E-state index in [0.717, 1.165) is 5.70 Å². The molecule has 0 amide bonds. The van der Waals surface area contributed by atoms with E-state index >= 15 is 0 Å². The number of rotatable bonds is 3. The van der Waals surface area contributed by atoms with Crippen LogP contribution in [0.4, 0.5) is 0 Å². The fraction of sp³-hybridized carbons (Fsp3) is 0.250. The average molecular weight is 136 g/mol. The minimum absolute atomic E-state index is 0.903. The summed E-state index contributed by atoms with van der Waals surface area (Å²) < 4.78 is 0. The van der Waals surface area contributed by atoms with Gasteiger partial charge in [-0.25, -0.2) is 9.98 Å². The Morgan fingerprint density at radius 3 is 2.70 bits per heavy atom. The van der Waals surface area contributed by atoms with Crippen molar-refractivity contribution >= 4 is 12.6 Å². The zero-order valence-electron chi connectivity index (χ0n) is 6.41. The number of hydrogen-bond acceptors (Lipinski definition) is 1. The Hall–Kier alpha value is -1.18. The third-order valence-corrected chi connectivity index (χ3v) is 0.836. The molecule has 54 valence electrons. The van der Waals surface area contributed by atoms with Crippen molar-refractivity contribution in [2.45, 2.75) is 13.8 Å². The SMILES string of the molecule is C=C/C=C(/C)N=CN=CC. The molecule has 2 nitrogen and oxygen atoms in total. The molecule has 2 heteroatoms. The summed E-state index contributed by atoms with van der Waals surface area (Å²) in [7, 11) is 0. The molecular formula is C8H12N2. The molecule has 0 radical (unpaired) electrons. The van der Waals surface area contributed by atoms with Crippen molar-refractivity contribution < 1.29 is 0 Å². The lowest BCUT2D eigenvalue weighted by atomic mass is 10.4. The van der Waals surface area contributed by atoms with Gasteiger partial charge >= 0.3 is 0 Å². The third-order valence-electron chi connectivity index (χ3n) is 0.836. The summed E-state index contributed by atoms with van der Waals surface area (Å²) in [5.74, 6) is 0. The second-order valence-corrected chi connectivity index (χ2v) is 1.70. The number of hydrogen-bond donors (Lipinski definition) is 0. The summed E-state index contributed by atoms with van der Waals surface area (Å²) in [6.45, 7) is 7.28. The van der Waals surface area contributed by atoms with Crippen LogP contribution in [-0.4, -0.2) is 12.6 Å². The van der Waals surface area contributed by atoms with Crippen molar-refractivity contribution in [2.24, 2.45) is 9.98 Å². The zero-order valence-corrected chi connectivity index (χ0v) is 6.41. The fourth-order valence-electron chi connectivity index (χ4n) is 0.405. The molecule has 10 heavy (non-hydrogen) atoms. The molecule has 0 aromatic rings. The van der Waals surface area contributed by atoms with Gasteiger partial charge in [0.15, 0.2) is 0 Å². The van der Waals surface area contributed by atoms with Crippen molar-refractivity contribution in [3.05, 3.63) is 24.4 Å². The maximum absolute atomic E-state index is 3.97. The lowest BCUT2D eigenvalue weighted by molar-refractivity contribution is 1.31. The lowest BCUT2D eigenvalue weighted by Gasteiger charge is -1.83. The van der Waals surface area contributed by atoms with Crippen LogP contribution in [0.3, 0.4) is 0 Å². The topological polar surface area (TPSA) is 24.7 Å². The molecule has 0 aromatic carbocycles. The molecule has 0 aliphatic heterocycles. The van der Waals surface area contributed by atoms with E-state index < -0.39 is 0 Å². The molecule has 0 atom stereocenters. The number of nitrogens with zero attached hydrogens (tertiary/aromatic N) is 2. The van der Waals surface area contributed by atoms with E-state index in [2.05, 4.69) is 16.6 Å². The zero-order chi connectivity index (χ0) is 7.82. The molecule has 0 spiro atoms. The molecule has 0 aliphatic carbocycles. The van der Waals surface area contributed by atoms with Gasteiger partial charge in [-0.05, 0) is 19.9 Å². The van der Waals surface area contributed by atoms with Crippen LogP contribution in [0.15, 0.2) is 34.4 Å². The van der Waals surface area contributed by atoms with Gasteiger partial charge < -0.3 is 0 Å². The summed E-state index contributed by atoms with van der Waals surface area (Å²) in [4.78, 5) is 7.77. The highest BCUT2D eigenvalue weighted by Gasteiger charge is 1.74.